The summed E-state index contributed by atoms with van der Waals surface area (Å²) in [5, 5.41) is 15.4. The standard InChI is InChI=1S/C23H18F2N6O2/c1-12-20-16(15-4-3-5-17(24)21(15)25)10-19(32)28-22(20)31(30-12)23-27-18(11-26-29-23)13-6-8-14(33-2)9-7-13/h3-9,11,16H,10H2,1-2H3,(H,28,32)/t16-/m0/s1. The minimum atomic E-state index is -0.977. The third-order valence-corrected chi connectivity index (χ3v) is 5.58. The summed E-state index contributed by atoms with van der Waals surface area (Å²) in [6.07, 6.45) is 1.47. The minimum Gasteiger partial charge on any atom is -0.497 e. The molecular formula is C23H18F2N6O2. The number of aromatic nitrogens is 5. The van der Waals surface area contributed by atoms with Gasteiger partial charge in [-0.2, -0.15) is 14.9 Å². The van der Waals surface area contributed by atoms with Crippen molar-refractivity contribution < 1.29 is 18.3 Å². The van der Waals surface area contributed by atoms with Gasteiger partial charge in [-0.3, -0.25) is 4.79 Å². The predicted molar refractivity (Wildman–Crippen MR) is 115 cm³/mol. The first-order valence-corrected chi connectivity index (χ1v) is 10.1. The lowest BCUT2D eigenvalue weighted by molar-refractivity contribution is -0.116. The maximum Gasteiger partial charge on any atom is 0.272 e. The fourth-order valence-electron chi connectivity index (χ4n) is 4.03. The van der Waals surface area contributed by atoms with E-state index in [-0.39, 0.29) is 23.8 Å². The Bertz CT molecular complexity index is 1370. The maximum absolute atomic E-state index is 14.6. The van der Waals surface area contributed by atoms with Gasteiger partial charge in [0.2, 0.25) is 5.91 Å². The van der Waals surface area contributed by atoms with Crippen molar-refractivity contribution in [2.45, 2.75) is 19.3 Å². The number of hydrogen-bond acceptors (Lipinski definition) is 6. The number of hydrogen-bond donors (Lipinski definition) is 1. The van der Waals surface area contributed by atoms with Gasteiger partial charge in [-0.25, -0.2) is 13.8 Å². The summed E-state index contributed by atoms with van der Waals surface area (Å²) < 4.78 is 35.0. The quantitative estimate of drug-likeness (QED) is 0.510. The molecule has 1 amide bonds. The molecule has 0 bridgehead atoms. The van der Waals surface area contributed by atoms with Crippen LogP contribution in [0.3, 0.4) is 0 Å². The summed E-state index contributed by atoms with van der Waals surface area (Å²) in [7, 11) is 1.58. The number of methoxy groups -OCH3 is 1. The van der Waals surface area contributed by atoms with Crippen molar-refractivity contribution >= 4 is 11.7 Å². The molecule has 0 saturated carbocycles. The number of ether oxygens (including phenoxy) is 1. The van der Waals surface area contributed by atoms with Crippen LogP contribution in [0.4, 0.5) is 14.6 Å². The van der Waals surface area contributed by atoms with E-state index in [1.54, 1.807) is 26.2 Å². The monoisotopic (exact) mass is 448 g/mol. The zero-order chi connectivity index (χ0) is 23.1. The van der Waals surface area contributed by atoms with Gasteiger partial charge in [0, 0.05) is 23.5 Å². The van der Waals surface area contributed by atoms with E-state index >= 15 is 0 Å². The summed E-state index contributed by atoms with van der Waals surface area (Å²) in [4.78, 5) is 17.1. The molecule has 0 saturated heterocycles. The van der Waals surface area contributed by atoms with E-state index in [4.69, 9.17) is 4.74 Å². The summed E-state index contributed by atoms with van der Waals surface area (Å²) in [5.41, 5.74) is 2.54. The smallest absolute Gasteiger partial charge is 0.272 e. The SMILES string of the molecule is COc1ccc(-c2cnnc(-n3nc(C)c4c3NC(=O)C[C@H]4c3cccc(F)c3F)n2)cc1. The largest absolute Gasteiger partial charge is 0.497 e. The van der Waals surface area contributed by atoms with Crippen LogP contribution in [-0.2, 0) is 4.79 Å². The molecule has 0 unspecified atom stereocenters. The number of benzene rings is 2. The molecular weight excluding hydrogens is 430 g/mol. The lowest BCUT2D eigenvalue weighted by atomic mass is 9.85. The summed E-state index contributed by atoms with van der Waals surface area (Å²) in [6, 6.07) is 11.2. The van der Waals surface area contributed by atoms with Gasteiger partial charge < -0.3 is 10.1 Å². The predicted octanol–water partition coefficient (Wildman–Crippen LogP) is 3.79. The first-order valence-electron chi connectivity index (χ1n) is 10.1. The molecule has 1 N–H and O–H groups in total. The molecule has 0 aliphatic carbocycles. The van der Waals surface area contributed by atoms with E-state index in [1.165, 1.54) is 23.0 Å². The molecule has 0 fully saturated rings. The average Bonchev–Trinajstić information content (AvgIpc) is 3.16. The van der Waals surface area contributed by atoms with E-state index in [9.17, 15) is 13.6 Å². The molecule has 2 aromatic carbocycles. The number of rotatable bonds is 4. The number of nitrogens with zero attached hydrogens (tertiary/aromatic N) is 5. The van der Waals surface area contributed by atoms with Gasteiger partial charge in [0.05, 0.1) is 24.7 Å². The molecule has 1 aliphatic heterocycles. The molecule has 5 rings (SSSR count). The number of carbonyl (C=O) groups excluding carboxylic acids is 1. The Balaban J connectivity index is 1.61. The van der Waals surface area contributed by atoms with Crippen molar-refractivity contribution in [3.05, 3.63) is 77.1 Å². The normalized spacial score (nSPS) is 15.2. The van der Waals surface area contributed by atoms with Gasteiger partial charge in [-0.15, -0.1) is 5.10 Å². The molecule has 1 atom stereocenters. The van der Waals surface area contributed by atoms with Crippen LogP contribution in [0, 0.1) is 18.6 Å². The van der Waals surface area contributed by atoms with Crippen LogP contribution >= 0.6 is 0 Å². The molecule has 3 heterocycles. The van der Waals surface area contributed by atoms with Gasteiger partial charge in [0.15, 0.2) is 11.6 Å². The molecule has 10 heteroatoms. The van der Waals surface area contributed by atoms with Gasteiger partial charge in [-0.05, 0) is 42.8 Å². The summed E-state index contributed by atoms with van der Waals surface area (Å²) in [5.74, 6) is -1.84. The van der Waals surface area contributed by atoms with Gasteiger partial charge in [0.1, 0.15) is 11.6 Å². The number of halogens is 2. The highest BCUT2D eigenvalue weighted by atomic mass is 19.2. The highest BCUT2D eigenvalue weighted by Crippen LogP contribution is 2.41. The highest BCUT2D eigenvalue weighted by Gasteiger charge is 2.35. The van der Waals surface area contributed by atoms with Gasteiger partial charge in [-0.1, -0.05) is 12.1 Å². The minimum absolute atomic E-state index is 0.0368. The Labute approximate surface area is 187 Å². The molecule has 33 heavy (non-hydrogen) atoms. The van der Waals surface area contributed by atoms with Crippen LogP contribution in [0.15, 0.2) is 48.7 Å². The first kappa shape index (κ1) is 20.7. The fourth-order valence-corrected chi connectivity index (χ4v) is 4.03. The lowest BCUT2D eigenvalue weighted by Gasteiger charge is -2.24. The summed E-state index contributed by atoms with van der Waals surface area (Å²) in [6.45, 7) is 1.73. The molecule has 2 aromatic heterocycles. The Morgan fingerprint density at radius 3 is 2.70 bits per heavy atom. The average molecular weight is 448 g/mol. The van der Waals surface area contributed by atoms with Crippen LogP contribution in [-0.4, -0.2) is 38.0 Å². The van der Waals surface area contributed by atoms with Crippen molar-refractivity contribution in [2.75, 3.05) is 12.4 Å². The zero-order valence-corrected chi connectivity index (χ0v) is 17.7. The number of amides is 1. The molecule has 0 radical (unpaired) electrons. The lowest BCUT2D eigenvalue weighted by Crippen LogP contribution is -2.26. The molecule has 166 valence electrons. The third-order valence-electron chi connectivity index (χ3n) is 5.58. The van der Waals surface area contributed by atoms with Crippen molar-refractivity contribution in [2.24, 2.45) is 0 Å². The zero-order valence-electron chi connectivity index (χ0n) is 17.7. The molecule has 8 nitrogen and oxygen atoms in total. The second-order valence-corrected chi connectivity index (χ2v) is 7.58. The maximum atomic E-state index is 14.6. The van der Waals surface area contributed by atoms with E-state index in [1.807, 2.05) is 12.1 Å². The number of fused-ring (bicyclic) bond motifs is 1. The molecule has 0 spiro atoms. The van der Waals surface area contributed by atoms with Gasteiger partial charge in [0.25, 0.3) is 5.95 Å². The Hall–Kier alpha value is -4.21. The Morgan fingerprint density at radius 2 is 1.94 bits per heavy atom. The highest BCUT2D eigenvalue weighted by molar-refractivity contribution is 5.95. The van der Waals surface area contributed by atoms with Crippen LogP contribution in [0.5, 0.6) is 5.75 Å². The van der Waals surface area contributed by atoms with Crippen molar-refractivity contribution in [1.29, 1.82) is 0 Å². The number of nitrogens with one attached hydrogen (secondary N) is 1. The van der Waals surface area contributed by atoms with E-state index in [0.717, 1.165) is 11.6 Å². The molecule has 4 aromatic rings. The number of aryl methyl sites for hydroxylation is 1. The van der Waals surface area contributed by atoms with Crippen molar-refractivity contribution in [3.8, 4) is 23.0 Å². The van der Waals surface area contributed by atoms with Gasteiger partial charge >= 0.3 is 0 Å². The van der Waals surface area contributed by atoms with E-state index in [2.05, 4.69) is 25.6 Å². The van der Waals surface area contributed by atoms with Crippen LogP contribution in [0.2, 0.25) is 0 Å². The second kappa shape index (κ2) is 8.05. The third kappa shape index (κ3) is 3.59. The van der Waals surface area contributed by atoms with Crippen molar-refractivity contribution in [1.82, 2.24) is 25.0 Å². The summed E-state index contributed by atoms with van der Waals surface area (Å²) >= 11 is 0. The van der Waals surface area contributed by atoms with E-state index < -0.39 is 17.6 Å². The fraction of sp³-hybridized carbons (Fsp3) is 0.174. The van der Waals surface area contributed by atoms with Crippen LogP contribution < -0.4 is 10.1 Å². The number of carbonyl (C=O) groups is 1. The van der Waals surface area contributed by atoms with Crippen molar-refractivity contribution in [3.63, 3.8) is 0 Å². The second-order valence-electron chi connectivity index (χ2n) is 7.58. The Kier molecular flexibility index (Phi) is 5.04. The Morgan fingerprint density at radius 1 is 1.15 bits per heavy atom. The topological polar surface area (TPSA) is 94.8 Å². The first-order chi connectivity index (χ1) is 16.0. The van der Waals surface area contributed by atoms with E-state index in [0.29, 0.717) is 28.5 Å². The molecule has 1 aliphatic rings. The van der Waals surface area contributed by atoms with Crippen LogP contribution in [0.25, 0.3) is 17.2 Å². The van der Waals surface area contributed by atoms with Crippen LogP contribution in [0.1, 0.15) is 29.2 Å². The number of anilines is 1.